The minimum absolute atomic E-state index is 0.0932. The van der Waals surface area contributed by atoms with Crippen LogP contribution in [0.15, 0.2) is 23.4 Å². The van der Waals surface area contributed by atoms with E-state index >= 15 is 0 Å². The van der Waals surface area contributed by atoms with E-state index in [0.29, 0.717) is 24.1 Å². The fourth-order valence-electron chi connectivity index (χ4n) is 2.28. The van der Waals surface area contributed by atoms with E-state index in [1.54, 1.807) is 13.0 Å². The summed E-state index contributed by atoms with van der Waals surface area (Å²) in [5, 5.41) is 14.3. The van der Waals surface area contributed by atoms with Crippen molar-refractivity contribution in [2.45, 2.75) is 26.2 Å². The molecule has 1 amide bonds. The molecule has 0 atom stereocenters. The van der Waals surface area contributed by atoms with Crippen LogP contribution < -0.4 is 11.1 Å². The molecule has 1 fully saturated rings. The van der Waals surface area contributed by atoms with E-state index in [1.807, 2.05) is 0 Å². The number of carbonyl (C=O) groups excluding carboxylic acids is 1. The summed E-state index contributed by atoms with van der Waals surface area (Å²) in [6.07, 6.45) is 1.90. The van der Waals surface area contributed by atoms with Crippen LogP contribution in [-0.2, 0) is 4.79 Å². The number of amidine groups is 1. The van der Waals surface area contributed by atoms with Crippen molar-refractivity contribution in [2.24, 2.45) is 16.3 Å². The Hall–Kier alpha value is -2.11. The largest absolute Gasteiger partial charge is 0.409 e. The van der Waals surface area contributed by atoms with Gasteiger partial charge in [-0.15, -0.1) is 0 Å². The van der Waals surface area contributed by atoms with Gasteiger partial charge < -0.3 is 16.3 Å². The Morgan fingerprint density at radius 2 is 2.16 bits per heavy atom. The molecule has 1 aromatic carbocycles. The van der Waals surface area contributed by atoms with Crippen molar-refractivity contribution in [3.63, 3.8) is 0 Å². The van der Waals surface area contributed by atoms with Gasteiger partial charge in [0.25, 0.3) is 0 Å². The van der Waals surface area contributed by atoms with E-state index in [2.05, 4.69) is 10.5 Å². The molecule has 2 rings (SSSR count). The molecule has 0 unspecified atom stereocenters. The number of benzene rings is 1. The average molecular weight is 265 g/mol. The van der Waals surface area contributed by atoms with Gasteiger partial charge in [0.2, 0.25) is 5.91 Å². The zero-order chi connectivity index (χ0) is 14.0. The average Bonchev–Trinajstić information content (AvgIpc) is 2.25. The lowest BCUT2D eigenvalue weighted by Crippen LogP contribution is -2.51. The van der Waals surface area contributed by atoms with Crippen molar-refractivity contribution >= 4 is 17.4 Å². The second-order valence-electron chi connectivity index (χ2n) is 4.89. The zero-order valence-electron chi connectivity index (χ0n) is 10.6. The Kier molecular flexibility index (Phi) is 3.42. The number of halogens is 1. The molecule has 0 spiro atoms. The molecule has 102 valence electrons. The molecule has 0 bridgehead atoms. The first-order valence-corrected chi connectivity index (χ1v) is 6.04. The summed E-state index contributed by atoms with van der Waals surface area (Å²) in [6, 6.07) is 4.28. The third-order valence-electron chi connectivity index (χ3n) is 3.54. The van der Waals surface area contributed by atoms with Gasteiger partial charge in [0, 0.05) is 5.69 Å². The highest BCUT2D eigenvalue weighted by Crippen LogP contribution is 2.42. The molecule has 1 aliphatic carbocycles. The van der Waals surface area contributed by atoms with Crippen LogP contribution in [0.2, 0.25) is 0 Å². The molecule has 0 aliphatic heterocycles. The van der Waals surface area contributed by atoms with Crippen LogP contribution in [-0.4, -0.2) is 17.0 Å². The van der Waals surface area contributed by atoms with Crippen LogP contribution in [0.1, 0.15) is 24.8 Å². The zero-order valence-corrected chi connectivity index (χ0v) is 10.6. The van der Waals surface area contributed by atoms with E-state index < -0.39 is 11.2 Å². The number of amides is 1. The number of carbonyl (C=O) groups is 1. The van der Waals surface area contributed by atoms with E-state index in [9.17, 15) is 9.18 Å². The molecule has 0 heterocycles. The quantitative estimate of drug-likeness (QED) is 0.338. The smallest absolute Gasteiger partial charge is 0.238 e. The second-order valence-corrected chi connectivity index (χ2v) is 4.89. The number of hydrogen-bond donors (Lipinski definition) is 3. The fraction of sp³-hybridized carbons (Fsp3) is 0.385. The van der Waals surface area contributed by atoms with Gasteiger partial charge in [-0.25, -0.2) is 4.39 Å². The number of nitrogens with two attached hydrogens (primary N) is 1. The van der Waals surface area contributed by atoms with Gasteiger partial charge in [0.15, 0.2) is 5.84 Å². The number of rotatable bonds is 3. The lowest BCUT2D eigenvalue weighted by atomic mass is 9.67. The van der Waals surface area contributed by atoms with Crippen LogP contribution in [0.5, 0.6) is 0 Å². The summed E-state index contributed by atoms with van der Waals surface area (Å²) in [5.74, 6) is -0.870. The van der Waals surface area contributed by atoms with Gasteiger partial charge in [-0.3, -0.25) is 4.79 Å². The minimum Gasteiger partial charge on any atom is -0.409 e. The molecule has 0 radical (unpaired) electrons. The molecule has 19 heavy (non-hydrogen) atoms. The maximum atomic E-state index is 13.3. The van der Waals surface area contributed by atoms with Gasteiger partial charge >= 0.3 is 0 Å². The number of nitrogens with zero attached hydrogens (tertiary/aromatic N) is 1. The Bertz CT molecular complexity index is 518. The van der Waals surface area contributed by atoms with Crippen molar-refractivity contribution in [2.75, 3.05) is 5.32 Å². The van der Waals surface area contributed by atoms with Crippen molar-refractivity contribution < 1.29 is 14.4 Å². The van der Waals surface area contributed by atoms with Gasteiger partial charge in [-0.2, -0.15) is 0 Å². The first kappa shape index (κ1) is 13.3. The summed E-state index contributed by atoms with van der Waals surface area (Å²) in [7, 11) is 0. The van der Waals surface area contributed by atoms with Crippen LogP contribution >= 0.6 is 0 Å². The highest BCUT2D eigenvalue weighted by Gasteiger charge is 2.48. The highest BCUT2D eigenvalue weighted by atomic mass is 19.1. The molecule has 4 N–H and O–H groups in total. The van der Waals surface area contributed by atoms with Crippen molar-refractivity contribution in [3.05, 3.63) is 29.6 Å². The first-order valence-electron chi connectivity index (χ1n) is 6.04. The molecule has 1 saturated carbocycles. The third-order valence-corrected chi connectivity index (χ3v) is 3.54. The molecule has 6 heteroatoms. The molecule has 0 aromatic heterocycles. The summed E-state index contributed by atoms with van der Waals surface area (Å²) >= 11 is 0. The molecule has 1 aliphatic rings. The first-order chi connectivity index (χ1) is 8.98. The summed E-state index contributed by atoms with van der Waals surface area (Å²) in [6.45, 7) is 1.74. The Balaban J connectivity index is 2.21. The Labute approximate surface area is 110 Å². The van der Waals surface area contributed by atoms with E-state index in [-0.39, 0.29) is 11.7 Å². The molecule has 1 aromatic rings. The number of anilines is 1. The van der Waals surface area contributed by atoms with E-state index in [1.165, 1.54) is 12.1 Å². The van der Waals surface area contributed by atoms with Crippen LogP contribution in [0.3, 0.4) is 0 Å². The topological polar surface area (TPSA) is 87.7 Å². The normalized spacial score (nSPS) is 17.7. The second kappa shape index (κ2) is 4.87. The maximum Gasteiger partial charge on any atom is 0.238 e. The lowest BCUT2D eigenvalue weighted by molar-refractivity contribution is -0.125. The van der Waals surface area contributed by atoms with E-state index in [0.717, 1.165) is 6.42 Å². The Morgan fingerprint density at radius 1 is 1.47 bits per heavy atom. The SMILES string of the molecule is Cc1cc(F)cc(NC(=O)C2(/C(N)=N/O)CCC2)c1. The minimum atomic E-state index is -0.963. The van der Waals surface area contributed by atoms with Gasteiger partial charge in [-0.1, -0.05) is 11.6 Å². The highest BCUT2D eigenvalue weighted by molar-refractivity contribution is 6.12. The van der Waals surface area contributed by atoms with Gasteiger partial charge in [0.05, 0.1) is 0 Å². The van der Waals surface area contributed by atoms with Crippen LogP contribution in [0.4, 0.5) is 10.1 Å². The summed E-state index contributed by atoms with van der Waals surface area (Å²) in [4.78, 5) is 12.2. The maximum absolute atomic E-state index is 13.3. The molecule has 0 saturated heterocycles. The Morgan fingerprint density at radius 3 is 2.63 bits per heavy atom. The number of aryl methyl sites for hydroxylation is 1. The van der Waals surface area contributed by atoms with Gasteiger partial charge in [-0.05, 0) is 43.5 Å². The lowest BCUT2D eigenvalue weighted by Gasteiger charge is -2.38. The van der Waals surface area contributed by atoms with Crippen molar-refractivity contribution in [1.82, 2.24) is 0 Å². The predicted octanol–water partition coefficient (Wildman–Crippen LogP) is 1.99. The summed E-state index contributed by atoms with van der Waals surface area (Å²) in [5.41, 5.74) is 5.71. The predicted molar refractivity (Wildman–Crippen MR) is 69.5 cm³/mol. The number of hydrogen-bond acceptors (Lipinski definition) is 3. The number of oxime groups is 1. The van der Waals surface area contributed by atoms with Crippen LogP contribution in [0, 0.1) is 18.2 Å². The van der Waals surface area contributed by atoms with Gasteiger partial charge in [0.1, 0.15) is 11.2 Å². The number of nitrogens with one attached hydrogen (secondary N) is 1. The van der Waals surface area contributed by atoms with Crippen molar-refractivity contribution in [3.8, 4) is 0 Å². The standard InChI is InChI=1S/C13H16FN3O2/c1-8-5-9(14)7-10(6-8)16-12(18)13(3-2-4-13)11(15)17-19/h5-7,19H,2-4H2,1H3,(H2,15,17)(H,16,18). The van der Waals surface area contributed by atoms with Crippen molar-refractivity contribution in [1.29, 1.82) is 0 Å². The van der Waals surface area contributed by atoms with E-state index in [4.69, 9.17) is 10.9 Å². The fourth-order valence-corrected chi connectivity index (χ4v) is 2.28. The third kappa shape index (κ3) is 2.38. The molecular formula is C13H16FN3O2. The molecule has 5 nitrogen and oxygen atoms in total. The monoisotopic (exact) mass is 265 g/mol. The summed E-state index contributed by atoms with van der Waals surface area (Å²) < 4.78 is 13.3. The molecular weight excluding hydrogens is 249 g/mol. The van der Waals surface area contributed by atoms with Crippen LogP contribution in [0.25, 0.3) is 0 Å².